The Hall–Kier alpha value is -1.31. The van der Waals surface area contributed by atoms with Crippen LogP contribution in [0, 0.1) is 5.82 Å². The number of halogens is 7. The summed E-state index contributed by atoms with van der Waals surface area (Å²) in [6, 6.07) is 3.36. The zero-order chi connectivity index (χ0) is 15.8. The van der Waals surface area contributed by atoms with Crippen LogP contribution in [0.1, 0.15) is 5.82 Å². The van der Waals surface area contributed by atoms with Crippen molar-refractivity contribution in [2.45, 2.75) is 6.18 Å². The van der Waals surface area contributed by atoms with Crippen molar-refractivity contribution in [3.8, 4) is 0 Å². The fourth-order valence-electron chi connectivity index (χ4n) is 1.38. The number of alkyl halides is 3. The Kier molecular flexibility index (Phi) is 4.46. The predicted octanol–water partition coefficient (Wildman–Crippen LogP) is 5.34. The number of benzene rings is 1. The number of hydrogen-bond donors (Lipinski definition) is 1. The van der Waals surface area contributed by atoms with Crippen molar-refractivity contribution in [2.24, 2.45) is 0 Å². The van der Waals surface area contributed by atoms with Crippen molar-refractivity contribution in [1.82, 2.24) is 9.97 Å². The third kappa shape index (κ3) is 3.87. The van der Waals surface area contributed by atoms with Gasteiger partial charge < -0.3 is 5.32 Å². The van der Waals surface area contributed by atoms with Gasteiger partial charge in [-0.3, -0.25) is 0 Å². The van der Waals surface area contributed by atoms with Crippen LogP contribution in [0.4, 0.5) is 29.1 Å². The Bertz CT molecular complexity index is 668. The zero-order valence-corrected chi connectivity index (χ0v) is 12.0. The van der Waals surface area contributed by atoms with Gasteiger partial charge in [0.25, 0.3) is 0 Å². The van der Waals surface area contributed by atoms with Crippen LogP contribution in [0.2, 0.25) is 15.2 Å². The van der Waals surface area contributed by atoms with Gasteiger partial charge in [-0.15, -0.1) is 0 Å². The van der Waals surface area contributed by atoms with Crippen molar-refractivity contribution in [1.29, 1.82) is 0 Å². The minimum absolute atomic E-state index is 0.147. The topological polar surface area (TPSA) is 37.8 Å². The molecule has 1 aromatic carbocycles. The van der Waals surface area contributed by atoms with E-state index in [2.05, 4.69) is 15.3 Å². The van der Waals surface area contributed by atoms with E-state index >= 15 is 0 Å². The van der Waals surface area contributed by atoms with Crippen molar-refractivity contribution in [3.05, 3.63) is 45.0 Å². The molecule has 0 fully saturated rings. The molecule has 0 aliphatic carbocycles. The summed E-state index contributed by atoms with van der Waals surface area (Å²) in [6.45, 7) is 0. The maximum Gasteiger partial charge on any atom is 0.451 e. The van der Waals surface area contributed by atoms with Crippen LogP contribution in [0.25, 0.3) is 0 Å². The first kappa shape index (κ1) is 16.1. The van der Waals surface area contributed by atoms with Crippen LogP contribution < -0.4 is 5.32 Å². The van der Waals surface area contributed by atoms with Gasteiger partial charge in [0.2, 0.25) is 5.82 Å². The molecule has 2 rings (SSSR count). The van der Waals surface area contributed by atoms with Gasteiger partial charge in [0.05, 0.1) is 10.0 Å². The third-order valence-electron chi connectivity index (χ3n) is 2.20. The normalized spacial score (nSPS) is 11.6. The number of hydrogen-bond acceptors (Lipinski definition) is 3. The zero-order valence-electron chi connectivity index (χ0n) is 9.77. The lowest BCUT2D eigenvalue weighted by molar-refractivity contribution is -0.144. The highest BCUT2D eigenvalue weighted by molar-refractivity contribution is 6.35. The highest BCUT2D eigenvalue weighted by Crippen LogP contribution is 2.31. The summed E-state index contributed by atoms with van der Waals surface area (Å²) in [5, 5.41) is 1.51. The monoisotopic (exact) mass is 359 g/mol. The molecule has 0 aliphatic heterocycles. The summed E-state index contributed by atoms with van der Waals surface area (Å²) in [5.41, 5.74) is 0.147. The first-order chi connectivity index (χ1) is 9.66. The van der Waals surface area contributed by atoms with Gasteiger partial charge in [-0.05, 0) is 12.1 Å². The molecule has 1 aromatic heterocycles. The van der Waals surface area contributed by atoms with E-state index in [1.807, 2.05) is 0 Å². The average molecular weight is 361 g/mol. The Morgan fingerprint density at radius 1 is 0.952 bits per heavy atom. The molecule has 3 nitrogen and oxygen atoms in total. The molecule has 0 bridgehead atoms. The molecule has 0 saturated carbocycles. The molecular formula is C11H4Cl3F4N3. The van der Waals surface area contributed by atoms with E-state index in [0.717, 1.165) is 18.2 Å². The van der Waals surface area contributed by atoms with E-state index in [1.54, 1.807) is 0 Å². The molecular weight excluding hydrogens is 356 g/mol. The second kappa shape index (κ2) is 5.82. The van der Waals surface area contributed by atoms with E-state index in [0.29, 0.717) is 0 Å². The fraction of sp³-hybridized carbons (Fsp3) is 0.0909. The number of rotatable bonds is 2. The van der Waals surface area contributed by atoms with Gasteiger partial charge in [0.15, 0.2) is 5.82 Å². The van der Waals surface area contributed by atoms with Crippen LogP contribution in [-0.4, -0.2) is 9.97 Å². The molecule has 0 radical (unpaired) electrons. The molecule has 1 N–H and O–H groups in total. The minimum atomic E-state index is -4.75. The SMILES string of the molecule is Fc1c(Cl)cc(Nc2cc(Cl)nc(C(F)(F)F)n2)cc1Cl. The molecule has 1 heterocycles. The van der Waals surface area contributed by atoms with Gasteiger partial charge in [0.1, 0.15) is 11.0 Å². The smallest absolute Gasteiger partial charge is 0.340 e. The Balaban J connectivity index is 2.38. The standard InChI is InChI=1S/C11H4Cl3F4N3/c12-5-1-4(2-6(13)9(5)15)19-8-3-7(14)20-10(21-8)11(16,17)18/h1-3H,(H,19,20,21). The summed E-state index contributed by atoms with van der Waals surface area (Å²) >= 11 is 16.7. The molecule has 0 aliphatic rings. The summed E-state index contributed by atoms with van der Waals surface area (Å²) in [7, 11) is 0. The van der Waals surface area contributed by atoms with Gasteiger partial charge in [-0.2, -0.15) is 13.2 Å². The molecule has 10 heteroatoms. The molecule has 21 heavy (non-hydrogen) atoms. The Labute approximate surface area is 130 Å². The number of nitrogens with zero attached hydrogens (tertiary/aromatic N) is 2. The van der Waals surface area contributed by atoms with Crippen molar-refractivity contribution >= 4 is 46.3 Å². The van der Waals surface area contributed by atoms with Crippen molar-refractivity contribution < 1.29 is 17.6 Å². The maximum absolute atomic E-state index is 13.2. The van der Waals surface area contributed by atoms with Gasteiger partial charge in [0, 0.05) is 11.8 Å². The van der Waals surface area contributed by atoms with Crippen molar-refractivity contribution in [3.63, 3.8) is 0 Å². The molecule has 112 valence electrons. The summed E-state index contributed by atoms with van der Waals surface area (Å²) in [6.07, 6.45) is -4.75. The molecule has 2 aromatic rings. The highest BCUT2D eigenvalue weighted by Gasteiger charge is 2.35. The summed E-state index contributed by atoms with van der Waals surface area (Å²) < 4.78 is 50.9. The van der Waals surface area contributed by atoms with Gasteiger partial charge >= 0.3 is 6.18 Å². The second-order valence-electron chi connectivity index (χ2n) is 3.78. The first-order valence-electron chi connectivity index (χ1n) is 5.20. The fourth-order valence-corrected chi connectivity index (χ4v) is 2.05. The van der Waals surface area contributed by atoms with Crippen molar-refractivity contribution in [2.75, 3.05) is 5.32 Å². The van der Waals surface area contributed by atoms with Crippen LogP contribution >= 0.6 is 34.8 Å². The third-order valence-corrected chi connectivity index (χ3v) is 2.95. The highest BCUT2D eigenvalue weighted by atomic mass is 35.5. The molecule has 0 saturated heterocycles. The quantitative estimate of drug-likeness (QED) is 0.446. The van der Waals surface area contributed by atoms with E-state index in [-0.39, 0.29) is 21.6 Å². The number of anilines is 2. The Morgan fingerprint density at radius 2 is 1.52 bits per heavy atom. The second-order valence-corrected chi connectivity index (χ2v) is 4.98. The average Bonchev–Trinajstić information content (AvgIpc) is 2.34. The lowest BCUT2D eigenvalue weighted by Gasteiger charge is -2.10. The van der Waals surface area contributed by atoms with E-state index in [1.165, 1.54) is 0 Å². The van der Waals surface area contributed by atoms with E-state index in [4.69, 9.17) is 34.8 Å². The molecule has 0 spiro atoms. The van der Waals surface area contributed by atoms with Gasteiger partial charge in [-0.25, -0.2) is 14.4 Å². The number of aromatic nitrogens is 2. The molecule has 0 atom stereocenters. The lowest BCUT2D eigenvalue weighted by atomic mass is 10.3. The Morgan fingerprint density at radius 3 is 2.05 bits per heavy atom. The van der Waals surface area contributed by atoms with Gasteiger partial charge in [-0.1, -0.05) is 34.8 Å². The maximum atomic E-state index is 13.2. The lowest BCUT2D eigenvalue weighted by Crippen LogP contribution is -2.12. The predicted molar refractivity (Wildman–Crippen MR) is 71.7 cm³/mol. The molecule has 0 amide bonds. The summed E-state index contributed by atoms with van der Waals surface area (Å²) in [5.74, 6) is -2.47. The van der Waals surface area contributed by atoms with Crippen LogP contribution in [0.15, 0.2) is 18.2 Å². The van der Waals surface area contributed by atoms with E-state index < -0.39 is 23.0 Å². The largest absolute Gasteiger partial charge is 0.451 e. The van der Waals surface area contributed by atoms with Crippen LogP contribution in [0.5, 0.6) is 0 Å². The van der Waals surface area contributed by atoms with Crippen LogP contribution in [0.3, 0.4) is 0 Å². The van der Waals surface area contributed by atoms with Crippen LogP contribution in [-0.2, 0) is 6.18 Å². The first-order valence-corrected chi connectivity index (χ1v) is 6.33. The molecule has 0 unspecified atom stereocenters. The summed E-state index contributed by atoms with van der Waals surface area (Å²) in [4.78, 5) is 6.34. The minimum Gasteiger partial charge on any atom is -0.340 e. The van der Waals surface area contributed by atoms with E-state index in [9.17, 15) is 17.6 Å². The number of nitrogens with one attached hydrogen (secondary N) is 1.